The molecule has 13 N–H and O–H groups in total. The fraction of sp³-hybridized carbons (Fsp3) is 0.550. The van der Waals surface area contributed by atoms with Crippen molar-refractivity contribution in [2.75, 3.05) is 12.3 Å². The topological polar surface area (TPSA) is 287 Å². The van der Waals surface area contributed by atoms with Gasteiger partial charge in [-0.25, -0.2) is 9.78 Å². The summed E-state index contributed by atoms with van der Waals surface area (Å²) in [6.07, 6.45) is 2.96. The number of carbonyl (C=O) groups is 5. The van der Waals surface area contributed by atoms with Crippen LogP contribution in [-0.4, -0.2) is 87.1 Å². The molecular formula is C20H34N10O6S. The van der Waals surface area contributed by atoms with Crippen molar-refractivity contribution in [1.82, 2.24) is 25.9 Å². The third-order valence-corrected chi connectivity index (χ3v) is 5.39. The lowest BCUT2D eigenvalue weighted by atomic mass is 10.1. The Morgan fingerprint density at radius 1 is 1.00 bits per heavy atom. The number of carboxylic acid groups (broad SMARTS) is 1. The van der Waals surface area contributed by atoms with Gasteiger partial charge in [0.15, 0.2) is 5.96 Å². The Morgan fingerprint density at radius 2 is 1.62 bits per heavy atom. The normalized spacial score (nSPS) is 13.9. The lowest BCUT2D eigenvalue weighted by Crippen LogP contribution is -2.58. The maximum absolute atomic E-state index is 13.2. The molecule has 1 aromatic rings. The maximum Gasteiger partial charge on any atom is 0.327 e. The van der Waals surface area contributed by atoms with Gasteiger partial charge in [-0.3, -0.25) is 24.2 Å². The van der Waals surface area contributed by atoms with E-state index < -0.39 is 53.8 Å². The number of nitrogens with two attached hydrogens (primary N) is 4. The minimum Gasteiger partial charge on any atom is -0.480 e. The van der Waals surface area contributed by atoms with Crippen LogP contribution in [0.1, 0.15) is 31.4 Å². The number of hydrogen-bond acceptors (Lipinski definition) is 9. The van der Waals surface area contributed by atoms with E-state index in [2.05, 4.69) is 43.5 Å². The van der Waals surface area contributed by atoms with E-state index in [1.54, 1.807) is 0 Å². The number of nitrogens with zero attached hydrogens (tertiary/aromatic N) is 2. The van der Waals surface area contributed by atoms with Crippen LogP contribution in [0.4, 0.5) is 0 Å². The van der Waals surface area contributed by atoms with Crippen LogP contribution in [0.5, 0.6) is 0 Å². The number of imidazole rings is 1. The Morgan fingerprint density at radius 3 is 2.16 bits per heavy atom. The molecule has 1 heterocycles. The Balaban J connectivity index is 3.05. The molecule has 0 aliphatic carbocycles. The molecule has 206 valence electrons. The number of thiol groups is 1. The zero-order chi connectivity index (χ0) is 28.0. The molecule has 17 heteroatoms. The van der Waals surface area contributed by atoms with Gasteiger partial charge >= 0.3 is 5.97 Å². The van der Waals surface area contributed by atoms with Crippen LogP contribution in [-0.2, 0) is 30.4 Å². The summed E-state index contributed by atoms with van der Waals surface area (Å²) in [6, 6.07) is -4.79. The molecule has 4 atom stereocenters. The predicted octanol–water partition coefficient (Wildman–Crippen LogP) is -3.93. The fourth-order valence-electron chi connectivity index (χ4n) is 3.04. The molecule has 0 bridgehead atoms. The number of H-pyrrole nitrogens is 1. The number of aromatic amines is 1. The highest BCUT2D eigenvalue weighted by atomic mass is 32.1. The van der Waals surface area contributed by atoms with E-state index in [4.69, 9.17) is 22.9 Å². The summed E-state index contributed by atoms with van der Waals surface area (Å²) in [4.78, 5) is 71.4. The molecule has 0 spiro atoms. The van der Waals surface area contributed by atoms with Gasteiger partial charge in [0.2, 0.25) is 23.6 Å². The highest BCUT2D eigenvalue weighted by Crippen LogP contribution is 2.05. The van der Waals surface area contributed by atoms with Crippen molar-refractivity contribution in [2.45, 2.75) is 56.3 Å². The van der Waals surface area contributed by atoms with Crippen LogP contribution in [0.2, 0.25) is 0 Å². The third-order valence-electron chi connectivity index (χ3n) is 5.03. The van der Waals surface area contributed by atoms with Crippen LogP contribution in [0.3, 0.4) is 0 Å². The van der Waals surface area contributed by atoms with Gasteiger partial charge in [-0.1, -0.05) is 0 Å². The van der Waals surface area contributed by atoms with E-state index in [1.807, 2.05) is 0 Å². The van der Waals surface area contributed by atoms with E-state index in [0.717, 1.165) is 0 Å². The Labute approximate surface area is 218 Å². The first-order valence-corrected chi connectivity index (χ1v) is 11.9. The molecule has 4 amide bonds. The van der Waals surface area contributed by atoms with Crippen LogP contribution in [0.25, 0.3) is 0 Å². The lowest BCUT2D eigenvalue weighted by molar-refractivity contribution is -0.141. The Hall–Kier alpha value is -3.86. The molecule has 0 radical (unpaired) electrons. The number of carboxylic acids is 1. The van der Waals surface area contributed by atoms with Crippen molar-refractivity contribution in [3.8, 4) is 0 Å². The summed E-state index contributed by atoms with van der Waals surface area (Å²) in [5.74, 6) is -4.50. The van der Waals surface area contributed by atoms with Gasteiger partial charge < -0.3 is 49.0 Å². The first kappa shape index (κ1) is 31.2. The molecule has 1 rings (SSSR count). The van der Waals surface area contributed by atoms with Gasteiger partial charge in [0.25, 0.3) is 0 Å². The highest BCUT2D eigenvalue weighted by molar-refractivity contribution is 7.80. The average Bonchev–Trinajstić information content (AvgIpc) is 3.34. The van der Waals surface area contributed by atoms with Gasteiger partial charge in [-0.15, -0.1) is 0 Å². The van der Waals surface area contributed by atoms with Crippen LogP contribution in [0, 0.1) is 0 Å². The van der Waals surface area contributed by atoms with E-state index in [0.29, 0.717) is 5.69 Å². The first-order chi connectivity index (χ1) is 17.4. The zero-order valence-electron chi connectivity index (χ0n) is 20.1. The second-order valence-corrected chi connectivity index (χ2v) is 8.41. The largest absolute Gasteiger partial charge is 0.480 e. The predicted molar refractivity (Wildman–Crippen MR) is 136 cm³/mol. The summed E-state index contributed by atoms with van der Waals surface area (Å²) < 4.78 is 0. The molecule has 0 aliphatic rings. The van der Waals surface area contributed by atoms with E-state index >= 15 is 0 Å². The molecule has 1 aromatic heterocycles. The molecule has 4 unspecified atom stereocenters. The third kappa shape index (κ3) is 12.1. The number of amides is 4. The number of primary amides is 1. The molecule has 0 aliphatic heterocycles. The molecule has 0 saturated carbocycles. The molecule has 0 fully saturated rings. The number of aliphatic carboxylic acids is 1. The van der Waals surface area contributed by atoms with Gasteiger partial charge in [0.05, 0.1) is 12.4 Å². The smallest absolute Gasteiger partial charge is 0.327 e. The maximum atomic E-state index is 13.2. The fourth-order valence-corrected chi connectivity index (χ4v) is 3.28. The quantitative estimate of drug-likeness (QED) is 0.0394. The highest BCUT2D eigenvalue weighted by Gasteiger charge is 2.30. The SMILES string of the molecule is NC(=O)CCC(N)C(=O)NC(CCCN=C(N)N)C(=O)NC(Cc1cnc[nH]1)C(=O)NC(CS)C(=O)O. The van der Waals surface area contributed by atoms with Gasteiger partial charge in [-0.05, 0) is 19.3 Å². The molecule has 37 heavy (non-hydrogen) atoms. The van der Waals surface area contributed by atoms with Crippen molar-refractivity contribution < 1.29 is 29.1 Å². The number of guanidine groups is 1. The standard InChI is InChI=1S/C20H34N10O6S/c21-11(3-4-15(22)31)16(32)28-12(2-1-5-26-20(23)24)17(33)29-13(6-10-7-25-9-27-10)18(34)30-14(8-37)19(35)36/h7,9,11-14,37H,1-6,8,21H2,(H2,22,31)(H,25,27)(H,28,32)(H,29,33)(H,30,34)(H,35,36)(H4,23,24,26). The van der Waals surface area contributed by atoms with Gasteiger partial charge in [0.1, 0.15) is 18.1 Å². The van der Waals surface area contributed by atoms with E-state index in [-0.39, 0.29) is 50.4 Å². The van der Waals surface area contributed by atoms with E-state index in [9.17, 15) is 29.1 Å². The summed E-state index contributed by atoms with van der Waals surface area (Å²) in [6.45, 7) is 0.163. The minimum absolute atomic E-state index is 0.0331. The Bertz CT molecular complexity index is 953. The summed E-state index contributed by atoms with van der Waals surface area (Å²) >= 11 is 3.92. The van der Waals surface area contributed by atoms with Crippen LogP contribution < -0.4 is 38.9 Å². The monoisotopic (exact) mass is 542 g/mol. The lowest BCUT2D eigenvalue weighted by Gasteiger charge is -2.25. The van der Waals surface area contributed by atoms with Crippen molar-refractivity contribution in [2.24, 2.45) is 27.9 Å². The van der Waals surface area contributed by atoms with Crippen molar-refractivity contribution in [3.05, 3.63) is 18.2 Å². The Kier molecular flexibility index (Phi) is 13.5. The molecule has 0 aromatic carbocycles. The summed E-state index contributed by atoms with van der Waals surface area (Å²) in [5, 5.41) is 16.6. The second kappa shape index (κ2) is 16.0. The number of rotatable bonds is 17. The molecule has 0 saturated heterocycles. The molecule has 16 nitrogen and oxygen atoms in total. The molecular weight excluding hydrogens is 508 g/mol. The van der Waals surface area contributed by atoms with E-state index in [1.165, 1.54) is 12.5 Å². The van der Waals surface area contributed by atoms with Gasteiger partial charge in [-0.2, -0.15) is 12.6 Å². The van der Waals surface area contributed by atoms with Crippen molar-refractivity contribution in [3.63, 3.8) is 0 Å². The number of nitrogens with one attached hydrogen (secondary N) is 4. The average molecular weight is 543 g/mol. The van der Waals surface area contributed by atoms with Gasteiger partial charge in [0, 0.05) is 37.0 Å². The minimum atomic E-state index is -1.30. The zero-order valence-corrected chi connectivity index (χ0v) is 20.9. The number of aromatic nitrogens is 2. The summed E-state index contributed by atoms with van der Waals surface area (Å²) in [5.41, 5.74) is 22.0. The number of aliphatic imine (C=N–C) groups is 1. The van der Waals surface area contributed by atoms with Crippen molar-refractivity contribution in [1.29, 1.82) is 0 Å². The number of hydrogen-bond donors (Lipinski definition) is 10. The second-order valence-electron chi connectivity index (χ2n) is 8.05. The van der Waals surface area contributed by atoms with Crippen LogP contribution in [0.15, 0.2) is 17.5 Å². The number of carbonyl (C=O) groups excluding carboxylic acids is 4. The van der Waals surface area contributed by atoms with Crippen LogP contribution >= 0.6 is 12.6 Å². The summed E-state index contributed by atoms with van der Waals surface area (Å²) in [7, 11) is 0. The van der Waals surface area contributed by atoms with Crippen molar-refractivity contribution >= 4 is 48.2 Å². The first-order valence-electron chi connectivity index (χ1n) is 11.3.